The first-order valence-electron chi connectivity index (χ1n) is 4.32. The van der Waals surface area contributed by atoms with Gasteiger partial charge >= 0.3 is 24.4 Å². The molecule has 3 N–H and O–H groups in total. The molecule has 0 saturated heterocycles. The van der Waals surface area contributed by atoms with Gasteiger partial charge in [-0.05, 0) is 0 Å². The zero-order valence-electron chi connectivity index (χ0n) is 8.56. The van der Waals surface area contributed by atoms with Gasteiger partial charge in [0.05, 0.1) is 12.5 Å². The number of alkyl carbamates (subject to hydrolysis) is 1. The quantitative estimate of drug-likeness (QED) is 0.461. The van der Waals surface area contributed by atoms with Crippen molar-refractivity contribution in [3.05, 3.63) is 0 Å². The minimum Gasteiger partial charge on any atom is -0.369 e. The number of rotatable bonds is 3. The van der Waals surface area contributed by atoms with Crippen LogP contribution in [-0.4, -0.2) is 37.0 Å². The number of hydrogen-bond donors (Lipinski definition) is 2. The zero-order chi connectivity index (χ0) is 14.6. The third-order valence-electron chi connectivity index (χ3n) is 1.50. The SMILES string of the molecule is NCC(CC(F)(F)F)NC(=O)OC(=O)C(F)(F)F. The molecule has 11 heteroatoms. The van der Waals surface area contributed by atoms with E-state index < -0.39 is 43.4 Å². The molecule has 0 spiro atoms. The summed E-state index contributed by atoms with van der Waals surface area (Å²) >= 11 is 0. The second-order valence-electron chi connectivity index (χ2n) is 3.07. The number of alkyl halides is 6. The fourth-order valence-electron chi connectivity index (χ4n) is 0.811. The average molecular weight is 282 g/mol. The van der Waals surface area contributed by atoms with Gasteiger partial charge in [-0.15, -0.1) is 0 Å². The fourth-order valence-corrected chi connectivity index (χ4v) is 0.811. The summed E-state index contributed by atoms with van der Waals surface area (Å²) in [6.07, 6.45) is -13.6. The summed E-state index contributed by atoms with van der Waals surface area (Å²) in [6.45, 7) is -0.686. The second kappa shape index (κ2) is 5.89. The zero-order valence-corrected chi connectivity index (χ0v) is 8.56. The van der Waals surface area contributed by atoms with Crippen molar-refractivity contribution in [3.63, 3.8) is 0 Å². The molecule has 1 amide bonds. The number of carbonyl (C=O) groups is 2. The molecule has 5 nitrogen and oxygen atoms in total. The highest BCUT2D eigenvalue weighted by molar-refractivity contribution is 5.87. The number of hydrogen-bond acceptors (Lipinski definition) is 4. The molecule has 0 saturated carbocycles. The Kier molecular flexibility index (Phi) is 5.39. The molecule has 18 heavy (non-hydrogen) atoms. The van der Waals surface area contributed by atoms with E-state index in [0.29, 0.717) is 0 Å². The molecule has 0 aliphatic carbocycles. The van der Waals surface area contributed by atoms with Gasteiger partial charge in [0.2, 0.25) is 0 Å². The molecule has 0 rings (SSSR count). The van der Waals surface area contributed by atoms with Crippen LogP contribution in [0, 0.1) is 0 Å². The highest BCUT2D eigenvalue weighted by Crippen LogP contribution is 2.21. The Morgan fingerprint density at radius 1 is 1.17 bits per heavy atom. The van der Waals surface area contributed by atoms with Crippen LogP contribution in [0.15, 0.2) is 0 Å². The fraction of sp³-hybridized carbons (Fsp3) is 0.714. The molecule has 0 bridgehead atoms. The molecule has 0 aliphatic rings. The van der Waals surface area contributed by atoms with Gasteiger partial charge in [-0.25, -0.2) is 9.59 Å². The molecule has 0 fully saturated rings. The maximum atomic E-state index is 11.9. The molecule has 1 unspecified atom stereocenters. The number of nitrogens with one attached hydrogen (secondary N) is 1. The van der Waals surface area contributed by atoms with Gasteiger partial charge in [0.1, 0.15) is 0 Å². The summed E-state index contributed by atoms with van der Waals surface area (Å²) in [5, 5.41) is 1.40. The summed E-state index contributed by atoms with van der Waals surface area (Å²) in [5.74, 6) is -2.83. The van der Waals surface area contributed by atoms with Crippen LogP contribution in [0.5, 0.6) is 0 Å². The lowest BCUT2D eigenvalue weighted by Gasteiger charge is -2.17. The highest BCUT2D eigenvalue weighted by Gasteiger charge is 2.43. The number of amides is 1. The van der Waals surface area contributed by atoms with Crippen molar-refractivity contribution in [1.29, 1.82) is 0 Å². The van der Waals surface area contributed by atoms with E-state index in [1.165, 1.54) is 5.32 Å². The Bertz CT molecular complexity index is 313. The first kappa shape index (κ1) is 16.5. The maximum Gasteiger partial charge on any atom is 0.491 e. The Labute approximate surface area is 96.2 Å². The van der Waals surface area contributed by atoms with Crippen LogP contribution < -0.4 is 11.1 Å². The van der Waals surface area contributed by atoms with Gasteiger partial charge < -0.3 is 15.8 Å². The van der Waals surface area contributed by atoms with E-state index in [1.54, 1.807) is 0 Å². The normalized spacial score (nSPS) is 13.9. The van der Waals surface area contributed by atoms with Crippen LogP contribution in [-0.2, 0) is 9.53 Å². The minimum absolute atomic E-state index is 0.686. The number of carbonyl (C=O) groups excluding carboxylic acids is 2. The Balaban J connectivity index is 4.34. The van der Waals surface area contributed by atoms with Crippen LogP contribution in [0.4, 0.5) is 31.1 Å². The lowest BCUT2D eigenvalue weighted by molar-refractivity contribution is -0.193. The molecule has 0 heterocycles. The Hall–Kier alpha value is -1.52. The first-order chi connectivity index (χ1) is 7.95. The summed E-state index contributed by atoms with van der Waals surface area (Å²) in [5.41, 5.74) is 4.87. The summed E-state index contributed by atoms with van der Waals surface area (Å²) in [4.78, 5) is 20.8. The molecule has 0 aromatic heterocycles. The van der Waals surface area contributed by atoms with Gasteiger partial charge in [-0.3, -0.25) is 0 Å². The van der Waals surface area contributed by atoms with E-state index in [0.717, 1.165) is 0 Å². The number of halogens is 6. The molecule has 0 aliphatic heterocycles. The Morgan fingerprint density at radius 3 is 2.00 bits per heavy atom. The highest BCUT2D eigenvalue weighted by atomic mass is 19.4. The van der Waals surface area contributed by atoms with Crippen molar-refractivity contribution in [3.8, 4) is 0 Å². The average Bonchev–Trinajstić information content (AvgIpc) is 2.12. The van der Waals surface area contributed by atoms with Crippen molar-refractivity contribution in [2.75, 3.05) is 6.54 Å². The lowest BCUT2D eigenvalue weighted by Crippen LogP contribution is -2.44. The molecule has 0 aromatic rings. The third kappa shape index (κ3) is 6.93. The second-order valence-corrected chi connectivity index (χ2v) is 3.07. The molecule has 0 aromatic carbocycles. The molecule has 106 valence electrons. The molecular formula is C7H8F6N2O3. The van der Waals surface area contributed by atoms with Crippen molar-refractivity contribution < 1.29 is 40.7 Å². The van der Waals surface area contributed by atoms with Crippen molar-refractivity contribution in [2.24, 2.45) is 5.73 Å². The van der Waals surface area contributed by atoms with Gasteiger partial charge in [-0.2, -0.15) is 26.3 Å². The topological polar surface area (TPSA) is 81.4 Å². The first-order valence-corrected chi connectivity index (χ1v) is 4.32. The van der Waals surface area contributed by atoms with E-state index in [9.17, 15) is 35.9 Å². The van der Waals surface area contributed by atoms with Crippen molar-refractivity contribution >= 4 is 12.1 Å². The number of esters is 1. The maximum absolute atomic E-state index is 11.9. The molecule has 1 atom stereocenters. The summed E-state index contributed by atoms with van der Waals surface area (Å²) in [6, 6.07) is -1.68. The van der Waals surface area contributed by atoms with Crippen LogP contribution in [0.1, 0.15) is 6.42 Å². The smallest absolute Gasteiger partial charge is 0.369 e. The van der Waals surface area contributed by atoms with Crippen LogP contribution in [0.3, 0.4) is 0 Å². The molecular weight excluding hydrogens is 274 g/mol. The largest absolute Gasteiger partial charge is 0.491 e. The van der Waals surface area contributed by atoms with Crippen LogP contribution in [0.25, 0.3) is 0 Å². The standard InChI is InChI=1S/C7H8F6N2O3/c8-6(9,10)1-3(2-14)15-5(17)18-4(16)7(11,12)13/h3H,1-2,14H2,(H,15,17). The van der Waals surface area contributed by atoms with Crippen LogP contribution in [0.2, 0.25) is 0 Å². The summed E-state index contributed by atoms with van der Waals surface area (Å²) in [7, 11) is 0. The third-order valence-corrected chi connectivity index (χ3v) is 1.50. The predicted octanol–water partition coefficient (Wildman–Crippen LogP) is 1.08. The van der Waals surface area contributed by atoms with E-state index in [1.807, 2.05) is 0 Å². The number of nitrogens with two attached hydrogens (primary N) is 1. The van der Waals surface area contributed by atoms with Crippen molar-refractivity contribution in [2.45, 2.75) is 24.8 Å². The van der Waals surface area contributed by atoms with Crippen LogP contribution >= 0.6 is 0 Å². The van der Waals surface area contributed by atoms with E-state index in [4.69, 9.17) is 5.73 Å². The van der Waals surface area contributed by atoms with E-state index in [-0.39, 0.29) is 0 Å². The summed E-state index contributed by atoms with van der Waals surface area (Å²) < 4.78 is 73.8. The number of ether oxygens (including phenoxy) is 1. The van der Waals surface area contributed by atoms with Gasteiger partial charge in [0.15, 0.2) is 0 Å². The molecule has 0 radical (unpaired) electrons. The van der Waals surface area contributed by atoms with Gasteiger partial charge in [-0.1, -0.05) is 0 Å². The predicted molar refractivity (Wildman–Crippen MR) is 44.2 cm³/mol. The monoisotopic (exact) mass is 282 g/mol. The van der Waals surface area contributed by atoms with E-state index >= 15 is 0 Å². The van der Waals surface area contributed by atoms with Crippen molar-refractivity contribution in [1.82, 2.24) is 5.32 Å². The minimum atomic E-state index is -5.42. The van der Waals surface area contributed by atoms with Gasteiger partial charge in [0.25, 0.3) is 0 Å². The van der Waals surface area contributed by atoms with E-state index in [2.05, 4.69) is 4.74 Å². The lowest BCUT2D eigenvalue weighted by atomic mass is 10.2. The van der Waals surface area contributed by atoms with Gasteiger partial charge in [0, 0.05) is 6.54 Å². The Morgan fingerprint density at radius 2 is 1.67 bits per heavy atom.